The minimum absolute atomic E-state index is 0.0702. The summed E-state index contributed by atoms with van der Waals surface area (Å²) in [5.74, 6) is 5.62. The standard InChI is InChI=1S/C35H46N4O3/c1-10-39(37)29-14-13-28(24(6)32(29)36)31(35(7,8)34(41)42-9)26-12-11-25-15-16-38(19-27(25)18-26)33(40)30-22(4)20(2)17-21(3)23(30)5/h11-14,17-18,31H,10,15-16,19,36-37H2,1-9H3. The predicted octanol–water partition coefficient (Wildman–Crippen LogP) is 6.04. The van der Waals surface area contributed by atoms with Crippen LogP contribution in [0.5, 0.6) is 0 Å². The fourth-order valence-corrected chi connectivity index (χ4v) is 6.46. The Kier molecular flexibility index (Phi) is 8.74. The minimum Gasteiger partial charge on any atom is -0.469 e. The van der Waals surface area contributed by atoms with Crippen LogP contribution in [0.3, 0.4) is 0 Å². The van der Waals surface area contributed by atoms with E-state index in [-0.39, 0.29) is 17.8 Å². The molecule has 4 rings (SSSR count). The molecule has 1 aliphatic heterocycles. The van der Waals surface area contributed by atoms with Gasteiger partial charge in [-0.2, -0.15) is 0 Å². The average Bonchev–Trinajstić information content (AvgIpc) is 2.97. The van der Waals surface area contributed by atoms with E-state index in [9.17, 15) is 9.59 Å². The van der Waals surface area contributed by atoms with Crippen molar-refractivity contribution >= 4 is 23.3 Å². The van der Waals surface area contributed by atoms with Crippen LogP contribution in [0.1, 0.15) is 87.1 Å². The Morgan fingerprint density at radius 1 is 0.976 bits per heavy atom. The van der Waals surface area contributed by atoms with E-state index < -0.39 is 5.41 Å². The Morgan fingerprint density at radius 2 is 1.62 bits per heavy atom. The summed E-state index contributed by atoms with van der Waals surface area (Å²) in [5.41, 5.74) is 17.3. The second-order valence-corrected chi connectivity index (χ2v) is 12.3. The second kappa shape index (κ2) is 11.8. The number of ether oxygens (including phenoxy) is 1. The zero-order valence-electron chi connectivity index (χ0n) is 26.6. The number of rotatable bonds is 7. The van der Waals surface area contributed by atoms with Crippen molar-refractivity contribution in [2.75, 3.05) is 30.9 Å². The van der Waals surface area contributed by atoms with E-state index in [0.717, 1.165) is 62.2 Å². The van der Waals surface area contributed by atoms with Gasteiger partial charge in [0.05, 0.1) is 23.9 Å². The number of nitrogens with zero attached hydrogens (tertiary/aromatic N) is 2. The number of hydrogen-bond donors (Lipinski definition) is 2. The van der Waals surface area contributed by atoms with E-state index in [1.165, 1.54) is 12.7 Å². The third-order valence-corrected chi connectivity index (χ3v) is 9.37. The number of methoxy groups -OCH3 is 1. The van der Waals surface area contributed by atoms with Gasteiger partial charge in [0.1, 0.15) is 0 Å². The van der Waals surface area contributed by atoms with E-state index in [0.29, 0.717) is 25.3 Å². The fourth-order valence-electron chi connectivity index (χ4n) is 6.46. The molecule has 7 nitrogen and oxygen atoms in total. The van der Waals surface area contributed by atoms with E-state index in [1.54, 1.807) is 5.01 Å². The molecule has 0 aromatic heterocycles. The van der Waals surface area contributed by atoms with Gasteiger partial charge in [0, 0.05) is 31.1 Å². The molecule has 3 aromatic rings. The topological polar surface area (TPSA) is 102 Å². The number of amides is 1. The van der Waals surface area contributed by atoms with Crippen molar-refractivity contribution < 1.29 is 14.3 Å². The van der Waals surface area contributed by atoms with Crippen LogP contribution in [0, 0.1) is 40.0 Å². The van der Waals surface area contributed by atoms with Crippen molar-refractivity contribution in [1.29, 1.82) is 0 Å². The number of fused-ring (bicyclic) bond motifs is 1. The first-order valence-corrected chi connectivity index (χ1v) is 14.7. The van der Waals surface area contributed by atoms with Gasteiger partial charge in [0.15, 0.2) is 0 Å². The largest absolute Gasteiger partial charge is 0.469 e. The van der Waals surface area contributed by atoms with Gasteiger partial charge in [-0.3, -0.25) is 9.59 Å². The molecule has 0 radical (unpaired) electrons. The van der Waals surface area contributed by atoms with Crippen LogP contribution in [0.15, 0.2) is 36.4 Å². The molecule has 224 valence electrons. The van der Waals surface area contributed by atoms with Crippen molar-refractivity contribution in [3.05, 3.63) is 92.0 Å². The van der Waals surface area contributed by atoms with Crippen molar-refractivity contribution in [1.82, 2.24) is 4.90 Å². The summed E-state index contributed by atoms with van der Waals surface area (Å²) in [5, 5.41) is 1.62. The number of benzene rings is 3. The molecule has 1 heterocycles. The van der Waals surface area contributed by atoms with E-state index >= 15 is 0 Å². The van der Waals surface area contributed by atoms with Crippen LogP contribution in [0.4, 0.5) is 11.4 Å². The Morgan fingerprint density at radius 3 is 2.21 bits per heavy atom. The molecule has 42 heavy (non-hydrogen) atoms. The molecular weight excluding hydrogens is 524 g/mol. The highest BCUT2D eigenvalue weighted by Gasteiger charge is 2.41. The molecule has 0 spiro atoms. The number of carbonyl (C=O) groups is 2. The van der Waals surface area contributed by atoms with Gasteiger partial charge in [0.25, 0.3) is 5.91 Å². The molecule has 0 fully saturated rings. The van der Waals surface area contributed by atoms with Gasteiger partial charge in [-0.05, 0) is 118 Å². The molecule has 1 atom stereocenters. The van der Waals surface area contributed by atoms with Crippen LogP contribution in [-0.4, -0.2) is 37.0 Å². The van der Waals surface area contributed by atoms with Crippen LogP contribution >= 0.6 is 0 Å². The highest BCUT2D eigenvalue weighted by atomic mass is 16.5. The molecule has 1 unspecified atom stereocenters. The number of hydrazine groups is 1. The van der Waals surface area contributed by atoms with E-state index in [4.69, 9.17) is 16.3 Å². The normalized spacial score (nSPS) is 13.9. The van der Waals surface area contributed by atoms with Crippen molar-refractivity contribution in [3.63, 3.8) is 0 Å². The molecule has 0 saturated heterocycles. The fraction of sp³-hybridized carbons (Fsp3) is 0.429. The Bertz CT molecular complexity index is 1520. The minimum atomic E-state index is -0.896. The maximum Gasteiger partial charge on any atom is 0.312 e. The summed E-state index contributed by atoms with van der Waals surface area (Å²) in [4.78, 5) is 29.1. The molecule has 0 aliphatic carbocycles. The lowest BCUT2D eigenvalue weighted by Crippen LogP contribution is -2.37. The summed E-state index contributed by atoms with van der Waals surface area (Å²) >= 11 is 0. The lowest BCUT2D eigenvalue weighted by atomic mass is 9.69. The molecule has 1 amide bonds. The summed E-state index contributed by atoms with van der Waals surface area (Å²) in [6.07, 6.45) is 0.777. The van der Waals surface area contributed by atoms with Gasteiger partial charge in [0.2, 0.25) is 0 Å². The number of hydrogen-bond acceptors (Lipinski definition) is 6. The van der Waals surface area contributed by atoms with Crippen LogP contribution in [-0.2, 0) is 22.5 Å². The first-order valence-electron chi connectivity index (χ1n) is 14.7. The average molecular weight is 571 g/mol. The zero-order valence-corrected chi connectivity index (χ0v) is 26.6. The zero-order chi connectivity index (χ0) is 31.1. The highest BCUT2D eigenvalue weighted by Crippen LogP contribution is 2.46. The van der Waals surface area contributed by atoms with Crippen LogP contribution in [0.2, 0.25) is 0 Å². The van der Waals surface area contributed by atoms with Crippen LogP contribution < -0.4 is 16.6 Å². The quantitative estimate of drug-likeness (QED) is 0.155. The van der Waals surface area contributed by atoms with Gasteiger partial charge in [-0.15, -0.1) is 0 Å². The van der Waals surface area contributed by atoms with Gasteiger partial charge in [-0.25, -0.2) is 5.84 Å². The molecule has 3 aromatic carbocycles. The monoisotopic (exact) mass is 570 g/mol. The first kappa shape index (κ1) is 31.1. The number of nitrogen functional groups attached to an aromatic ring is 1. The summed E-state index contributed by atoms with van der Waals surface area (Å²) < 4.78 is 5.29. The van der Waals surface area contributed by atoms with Gasteiger partial charge >= 0.3 is 5.97 Å². The Hall–Kier alpha value is -3.84. The van der Waals surface area contributed by atoms with Crippen molar-refractivity contribution in [3.8, 4) is 0 Å². The maximum absolute atomic E-state index is 13.9. The highest BCUT2D eigenvalue weighted by molar-refractivity contribution is 5.98. The molecule has 0 bridgehead atoms. The first-order chi connectivity index (χ1) is 19.7. The summed E-state index contributed by atoms with van der Waals surface area (Å²) in [7, 11) is 1.42. The van der Waals surface area contributed by atoms with Crippen molar-refractivity contribution in [2.45, 2.75) is 74.3 Å². The predicted molar refractivity (Wildman–Crippen MR) is 171 cm³/mol. The number of carbonyl (C=O) groups excluding carboxylic acids is 2. The Labute approximate surface area is 250 Å². The molecular formula is C35H46N4O3. The van der Waals surface area contributed by atoms with Gasteiger partial charge < -0.3 is 20.4 Å². The smallest absolute Gasteiger partial charge is 0.312 e. The third kappa shape index (κ3) is 5.38. The number of anilines is 2. The number of aryl methyl sites for hydroxylation is 2. The van der Waals surface area contributed by atoms with E-state index in [2.05, 4.69) is 38.1 Å². The molecule has 0 saturated carbocycles. The summed E-state index contributed by atoms with van der Waals surface area (Å²) in [6, 6.07) is 12.5. The molecule has 1 aliphatic rings. The van der Waals surface area contributed by atoms with Crippen molar-refractivity contribution in [2.24, 2.45) is 11.3 Å². The maximum atomic E-state index is 13.9. The van der Waals surface area contributed by atoms with Crippen LogP contribution in [0.25, 0.3) is 0 Å². The molecule has 4 N–H and O–H groups in total. The van der Waals surface area contributed by atoms with E-state index in [1.807, 2.05) is 58.6 Å². The lowest BCUT2D eigenvalue weighted by Gasteiger charge is -2.36. The molecule has 7 heteroatoms. The Balaban J connectivity index is 1.80. The number of esters is 1. The lowest BCUT2D eigenvalue weighted by molar-refractivity contribution is -0.151. The van der Waals surface area contributed by atoms with Gasteiger partial charge in [-0.1, -0.05) is 30.3 Å². The third-order valence-electron chi connectivity index (χ3n) is 9.37. The SMILES string of the molecule is CCN(N)c1ccc(C(c2ccc3c(c2)CN(C(=O)c2c(C)c(C)cc(C)c2C)CC3)C(C)(C)C(=O)OC)c(C)c1N. The summed E-state index contributed by atoms with van der Waals surface area (Å²) in [6.45, 7) is 17.8. The second-order valence-electron chi connectivity index (χ2n) is 12.3. The number of nitrogens with two attached hydrogens (primary N) is 2.